The first-order chi connectivity index (χ1) is 15.4. The van der Waals surface area contributed by atoms with E-state index in [4.69, 9.17) is 4.74 Å². The molecule has 3 rings (SSSR count). The maximum absolute atomic E-state index is 13.2. The number of pyridine rings is 1. The molecular weight excluding hydrogens is 407 g/mol. The first-order valence-corrected chi connectivity index (χ1v) is 11.1. The molecule has 0 bridgehead atoms. The van der Waals surface area contributed by atoms with Gasteiger partial charge in [0.15, 0.2) is 5.78 Å². The van der Waals surface area contributed by atoms with Gasteiger partial charge in [-0.2, -0.15) is 0 Å². The van der Waals surface area contributed by atoms with Crippen LogP contribution in [0.1, 0.15) is 56.8 Å². The van der Waals surface area contributed by atoms with E-state index < -0.39 is 0 Å². The first kappa shape index (κ1) is 25.4. The lowest BCUT2D eigenvalue weighted by Crippen LogP contribution is -2.31. The van der Waals surface area contributed by atoms with E-state index >= 15 is 0 Å². The summed E-state index contributed by atoms with van der Waals surface area (Å²) in [6.45, 7) is 11.3. The molecule has 172 valence electrons. The van der Waals surface area contributed by atoms with Gasteiger partial charge in [-0.15, -0.1) is 6.58 Å². The molecule has 0 atom stereocenters. The van der Waals surface area contributed by atoms with Gasteiger partial charge in [-0.05, 0) is 56.4 Å². The van der Waals surface area contributed by atoms with Crippen LogP contribution < -0.4 is 0 Å². The van der Waals surface area contributed by atoms with Gasteiger partial charge in [0.2, 0.25) is 0 Å². The molecule has 2 aromatic rings. The van der Waals surface area contributed by atoms with Crippen molar-refractivity contribution in [1.82, 2.24) is 9.88 Å². The topological polar surface area (TPSA) is 59.5 Å². The smallest absolute Gasteiger partial charge is 0.254 e. The fourth-order valence-corrected chi connectivity index (χ4v) is 3.27. The number of nitrogens with zero attached hydrogens (tertiary/aromatic N) is 2. The third-order valence-corrected chi connectivity index (χ3v) is 5.23. The monoisotopic (exact) mass is 440 g/mol. The number of carbonyl (C=O) groups is 2. The van der Waals surface area contributed by atoms with Gasteiger partial charge in [-0.1, -0.05) is 32.1 Å². The Morgan fingerprint density at radius 1 is 1.16 bits per heavy atom. The highest BCUT2D eigenvalue weighted by molar-refractivity contribution is 5.94. The summed E-state index contributed by atoms with van der Waals surface area (Å²) in [5.41, 5.74) is 1.80. The van der Waals surface area contributed by atoms with Crippen molar-refractivity contribution in [3.05, 3.63) is 66.8 Å². The summed E-state index contributed by atoms with van der Waals surface area (Å²) in [5, 5.41) is 0. The molecule has 1 aliphatic rings. The molecule has 0 radical (unpaired) electrons. The zero-order valence-corrected chi connectivity index (χ0v) is 19.3. The van der Waals surface area contributed by atoms with Crippen LogP contribution in [0.2, 0.25) is 0 Å². The van der Waals surface area contributed by atoms with Gasteiger partial charge in [0, 0.05) is 37.0 Å². The maximum atomic E-state index is 13.2. The van der Waals surface area contributed by atoms with Gasteiger partial charge in [0.05, 0.1) is 6.20 Å². The average molecular weight is 441 g/mol. The number of ketones is 1. The molecule has 0 saturated heterocycles. The zero-order valence-electron chi connectivity index (χ0n) is 19.3. The number of hydrogen-bond donors (Lipinski definition) is 0. The number of ether oxygens (including phenoxy) is 1. The summed E-state index contributed by atoms with van der Waals surface area (Å²) in [4.78, 5) is 28.9. The molecule has 1 aromatic carbocycles. The lowest BCUT2D eigenvalue weighted by atomic mass is 10.0. The van der Waals surface area contributed by atoms with E-state index in [0.717, 1.165) is 37.9 Å². The van der Waals surface area contributed by atoms with Crippen molar-refractivity contribution in [1.29, 1.82) is 0 Å². The normalized spacial score (nSPS) is 13.5. The van der Waals surface area contributed by atoms with Crippen LogP contribution in [0.5, 0.6) is 0 Å². The van der Waals surface area contributed by atoms with E-state index in [2.05, 4.69) is 18.5 Å². The van der Waals surface area contributed by atoms with E-state index in [1.807, 2.05) is 19.1 Å². The number of aromatic nitrogens is 1. The lowest BCUT2D eigenvalue weighted by molar-refractivity contribution is -0.131. The van der Waals surface area contributed by atoms with E-state index in [9.17, 15) is 14.0 Å². The Morgan fingerprint density at radius 3 is 2.34 bits per heavy atom. The minimum Gasteiger partial charge on any atom is -0.367 e. The highest BCUT2D eigenvalue weighted by Crippen LogP contribution is 2.40. The van der Waals surface area contributed by atoms with Crippen molar-refractivity contribution >= 4 is 11.7 Å². The van der Waals surface area contributed by atoms with Crippen LogP contribution in [-0.2, 0) is 9.53 Å². The zero-order chi connectivity index (χ0) is 23.6. The Bertz CT molecular complexity index is 908. The van der Waals surface area contributed by atoms with Gasteiger partial charge in [0.25, 0.3) is 5.91 Å². The Balaban J connectivity index is 0.000000303. The highest BCUT2D eigenvalue weighted by Gasteiger charge is 2.48. The highest BCUT2D eigenvalue weighted by atomic mass is 19.1. The fraction of sp³-hybridized carbons (Fsp3) is 0.423. The molecule has 1 aliphatic carbocycles. The molecule has 1 saturated carbocycles. The summed E-state index contributed by atoms with van der Waals surface area (Å²) >= 11 is 0. The second kappa shape index (κ2) is 12.2. The van der Waals surface area contributed by atoms with E-state index in [1.54, 1.807) is 36.2 Å². The standard InChI is InChI=1S/C18H19FN2O.C8H14O2/c1-3-9-21(10-4-2)18(22)15-7-5-14(6-8-15)16-11-17(19)13-20-12-16;1-3-6-10-8(4-5-8)7(2)9/h3,5-8,11-13H,1,4,9-10H2,2H3;3-6H2,1-2H3. The summed E-state index contributed by atoms with van der Waals surface area (Å²) in [5.74, 6) is -0.204. The van der Waals surface area contributed by atoms with Crippen LogP contribution in [0.4, 0.5) is 4.39 Å². The Labute approximate surface area is 190 Å². The molecule has 5 nitrogen and oxygen atoms in total. The van der Waals surface area contributed by atoms with E-state index in [1.165, 1.54) is 12.3 Å². The molecule has 0 spiro atoms. The summed E-state index contributed by atoms with van der Waals surface area (Å²) in [6.07, 6.45) is 8.24. The molecule has 1 fully saturated rings. The molecule has 0 unspecified atom stereocenters. The van der Waals surface area contributed by atoms with Crippen LogP contribution in [0.15, 0.2) is 55.4 Å². The van der Waals surface area contributed by atoms with Crippen molar-refractivity contribution in [3.8, 4) is 11.1 Å². The SMILES string of the molecule is C=CCN(CCC)C(=O)c1ccc(-c2cncc(F)c2)cc1.CCCOC1(C(C)=O)CC1. The van der Waals surface area contributed by atoms with Crippen LogP contribution >= 0.6 is 0 Å². The average Bonchev–Trinajstić information content (AvgIpc) is 3.59. The van der Waals surface area contributed by atoms with Crippen molar-refractivity contribution < 1.29 is 18.7 Å². The van der Waals surface area contributed by atoms with Crippen molar-refractivity contribution in [2.45, 2.75) is 52.1 Å². The molecule has 0 N–H and O–H groups in total. The number of amides is 1. The first-order valence-electron chi connectivity index (χ1n) is 11.1. The number of hydrogen-bond acceptors (Lipinski definition) is 4. The van der Waals surface area contributed by atoms with E-state index in [0.29, 0.717) is 24.2 Å². The largest absolute Gasteiger partial charge is 0.367 e. The minimum atomic E-state index is -0.377. The predicted molar refractivity (Wildman–Crippen MR) is 125 cm³/mol. The van der Waals surface area contributed by atoms with Gasteiger partial charge >= 0.3 is 0 Å². The van der Waals surface area contributed by atoms with Crippen molar-refractivity contribution in [3.63, 3.8) is 0 Å². The summed E-state index contributed by atoms with van der Waals surface area (Å²) in [6, 6.07) is 8.55. The number of rotatable bonds is 10. The van der Waals surface area contributed by atoms with Gasteiger partial charge < -0.3 is 9.64 Å². The maximum Gasteiger partial charge on any atom is 0.254 e. The Kier molecular flexibility index (Phi) is 9.72. The number of benzene rings is 1. The third kappa shape index (κ3) is 7.09. The number of halogens is 1. The summed E-state index contributed by atoms with van der Waals surface area (Å²) in [7, 11) is 0. The number of carbonyl (C=O) groups excluding carboxylic acids is 2. The molecule has 1 heterocycles. The summed E-state index contributed by atoms with van der Waals surface area (Å²) < 4.78 is 18.6. The molecule has 1 amide bonds. The molecule has 32 heavy (non-hydrogen) atoms. The molecule has 6 heteroatoms. The fourth-order valence-electron chi connectivity index (χ4n) is 3.27. The second-order valence-corrected chi connectivity index (χ2v) is 7.91. The van der Waals surface area contributed by atoms with Gasteiger partial charge in [0.1, 0.15) is 11.4 Å². The molecular formula is C26H33FN2O3. The van der Waals surface area contributed by atoms with Crippen LogP contribution in [0.25, 0.3) is 11.1 Å². The van der Waals surface area contributed by atoms with Gasteiger partial charge in [-0.3, -0.25) is 14.6 Å². The van der Waals surface area contributed by atoms with Crippen molar-refractivity contribution in [2.75, 3.05) is 19.7 Å². The van der Waals surface area contributed by atoms with Crippen LogP contribution in [-0.4, -0.2) is 46.9 Å². The van der Waals surface area contributed by atoms with E-state index in [-0.39, 0.29) is 23.1 Å². The van der Waals surface area contributed by atoms with Crippen LogP contribution in [0, 0.1) is 5.82 Å². The lowest BCUT2D eigenvalue weighted by Gasteiger charge is -2.20. The minimum absolute atomic E-state index is 0.0225. The molecule has 0 aliphatic heterocycles. The van der Waals surface area contributed by atoms with Crippen LogP contribution in [0.3, 0.4) is 0 Å². The van der Waals surface area contributed by atoms with Gasteiger partial charge in [-0.25, -0.2) is 4.39 Å². The van der Waals surface area contributed by atoms with Crippen molar-refractivity contribution in [2.24, 2.45) is 0 Å². The number of Topliss-reactive ketones (excluding diaryl/α,β-unsaturated/α-hetero) is 1. The molecule has 1 aromatic heterocycles. The second-order valence-electron chi connectivity index (χ2n) is 7.91. The predicted octanol–water partition coefficient (Wildman–Crippen LogP) is 5.46. The third-order valence-electron chi connectivity index (χ3n) is 5.23. The Hall–Kier alpha value is -2.86. The Morgan fingerprint density at radius 2 is 1.84 bits per heavy atom. The quantitative estimate of drug-likeness (QED) is 0.460.